The first-order valence-electron chi connectivity index (χ1n) is 5.91. The number of aromatic nitrogens is 1. The number of nitriles is 1. The molecule has 19 heavy (non-hydrogen) atoms. The number of nitrogens with one attached hydrogen (secondary N) is 1. The summed E-state index contributed by atoms with van der Waals surface area (Å²) in [6, 6.07) is 2.71. The monoisotopic (exact) mass is 281 g/mol. The van der Waals surface area contributed by atoms with Gasteiger partial charge in [-0.2, -0.15) is 5.26 Å². The first-order valence-corrected chi connectivity index (χ1v) is 6.29. The van der Waals surface area contributed by atoms with Crippen molar-refractivity contribution in [3.63, 3.8) is 0 Å². The van der Waals surface area contributed by atoms with Crippen molar-refractivity contribution in [1.82, 2.24) is 4.98 Å². The molecule has 0 spiro atoms. The summed E-state index contributed by atoms with van der Waals surface area (Å²) in [5.74, 6) is -0.424. The number of rotatable bonds is 5. The molecule has 0 saturated carbocycles. The van der Waals surface area contributed by atoms with Crippen LogP contribution in [0, 0.1) is 24.2 Å². The Morgan fingerprint density at radius 1 is 1.63 bits per heavy atom. The Labute approximate surface area is 117 Å². The van der Waals surface area contributed by atoms with Gasteiger partial charge in [0.2, 0.25) is 0 Å². The molecular formula is C13H16ClN3O2. The first kappa shape index (κ1) is 15.3. The molecule has 2 N–H and O–H groups in total. The second kappa shape index (κ2) is 6.39. The summed E-state index contributed by atoms with van der Waals surface area (Å²) in [5.41, 5.74) is 0.898. The third-order valence-corrected chi connectivity index (χ3v) is 2.89. The maximum absolute atomic E-state index is 11.2. The molecule has 102 valence electrons. The maximum Gasteiger partial charge on any atom is 0.326 e. The number of anilines is 1. The number of aliphatic carboxylic acids is 1. The number of carboxylic acid groups (broad SMARTS) is 1. The number of nitrogens with zero attached hydrogens (tertiary/aromatic N) is 2. The van der Waals surface area contributed by atoms with E-state index in [1.807, 2.05) is 19.9 Å². The van der Waals surface area contributed by atoms with Gasteiger partial charge in [-0.1, -0.05) is 25.4 Å². The molecule has 1 aromatic rings. The van der Waals surface area contributed by atoms with E-state index in [-0.39, 0.29) is 10.9 Å². The molecular weight excluding hydrogens is 266 g/mol. The van der Waals surface area contributed by atoms with E-state index >= 15 is 0 Å². The van der Waals surface area contributed by atoms with Crippen molar-refractivity contribution in [2.75, 3.05) is 5.32 Å². The van der Waals surface area contributed by atoms with E-state index in [1.54, 1.807) is 6.92 Å². The average Bonchev–Trinajstić information content (AvgIpc) is 2.31. The lowest BCUT2D eigenvalue weighted by Gasteiger charge is -2.18. The molecule has 0 radical (unpaired) electrons. The molecule has 0 aliphatic carbocycles. The molecule has 0 bridgehead atoms. The van der Waals surface area contributed by atoms with E-state index in [9.17, 15) is 4.79 Å². The van der Waals surface area contributed by atoms with Gasteiger partial charge >= 0.3 is 5.97 Å². The minimum atomic E-state index is -0.950. The fourth-order valence-electron chi connectivity index (χ4n) is 1.65. The topological polar surface area (TPSA) is 86.0 Å². The summed E-state index contributed by atoms with van der Waals surface area (Å²) < 4.78 is 0. The quantitative estimate of drug-likeness (QED) is 0.867. The largest absolute Gasteiger partial charge is 0.480 e. The van der Waals surface area contributed by atoms with Gasteiger partial charge in [0.1, 0.15) is 17.9 Å². The molecule has 1 unspecified atom stereocenters. The van der Waals surface area contributed by atoms with E-state index in [0.29, 0.717) is 23.5 Å². The normalized spacial score (nSPS) is 12.0. The number of halogens is 1. The molecule has 0 aromatic carbocycles. The van der Waals surface area contributed by atoms with E-state index < -0.39 is 12.0 Å². The Kier molecular flexibility index (Phi) is 5.13. The summed E-state index contributed by atoms with van der Waals surface area (Å²) in [6.07, 6.45) is 0.465. The zero-order chi connectivity index (χ0) is 14.6. The van der Waals surface area contributed by atoms with Crippen LogP contribution in [0.5, 0.6) is 0 Å². The number of carbonyl (C=O) groups is 1. The number of aryl methyl sites for hydroxylation is 1. The third kappa shape index (κ3) is 4.11. The molecule has 0 aliphatic rings. The van der Waals surface area contributed by atoms with Crippen molar-refractivity contribution >= 4 is 23.4 Å². The van der Waals surface area contributed by atoms with Crippen molar-refractivity contribution < 1.29 is 9.90 Å². The molecule has 1 aromatic heterocycles. The van der Waals surface area contributed by atoms with Crippen LogP contribution in [0.1, 0.15) is 31.5 Å². The molecule has 0 saturated heterocycles. The Morgan fingerprint density at radius 2 is 2.26 bits per heavy atom. The molecule has 5 nitrogen and oxygen atoms in total. The lowest BCUT2D eigenvalue weighted by molar-refractivity contribution is -0.138. The van der Waals surface area contributed by atoms with Crippen LogP contribution in [0.25, 0.3) is 0 Å². The fourth-order valence-corrected chi connectivity index (χ4v) is 1.86. The van der Waals surface area contributed by atoms with Crippen LogP contribution in [0.2, 0.25) is 5.02 Å². The van der Waals surface area contributed by atoms with Crippen molar-refractivity contribution in [2.24, 2.45) is 5.92 Å². The minimum absolute atomic E-state index is 0.229. The molecule has 1 atom stereocenters. The summed E-state index contributed by atoms with van der Waals surface area (Å²) in [6.45, 7) is 5.56. The highest BCUT2D eigenvalue weighted by Gasteiger charge is 2.20. The highest BCUT2D eigenvalue weighted by Crippen LogP contribution is 2.24. The highest BCUT2D eigenvalue weighted by atomic mass is 35.5. The van der Waals surface area contributed by atoms with Crippen LogP contribution < -0.4 is 5.32 Å². The van der Waals surface area contributed by atoms with Gasteiger partial charge in [-0.05, 0) is 25.3 Å². The first-order chi connectivity index (χ1) is 8.85. The molecule has 0 aliphatic heterocycles. The fraction of sp³-hybridized carbons (Fsp3) is 0.462. The summed E-state index contributed by atoms with van der Waals surface area (Å²) >= 11 is 6.00. The summed E-state index contributed by atoms with van der Waals surface area (Å²) in [7, 11) is 0. The Bertz CT molecular complexity index is 523. The Balaban J connectivity index is 3.00. The number of hydrogen-bond acceptors (Lipinski definition) is 4. The number of pyridine rings is 1. The van der Waals surface area contributed by atoms with Gasteiger partial charge < -0.3 is 10.4 Å². The van der Waals surface area contributed by atoms with Crippen LogP contribution in [-0.4, -0.2) is 22.1 Å². The minimum Gasteiger partial charge on any atom is -0.480 e. The number of carboxylic acids is 1. The lowest BCUT2D eigenvalue weighted by Crippen LogP contribution is -2.31. The standard InChI is InChI=1S/C13H16ClN3O2/c1-7(2)4-11(13(18)19)17-12-10(14)5-9(6-15)8(3)16-12/h5,7,11H,4H2,1-3H3,(H,16,17)(H,18,19). The van der Waals surface area contributed by atoms with Gasteiger partial charge in [-0.3, -0.25) is 0 Å². The smallest absolute Gasteiger partial charge is 0.326 e. The molecule has 1 rings (SSSR count). The summed E-state index contributed by atoms with van der Waals surface area (Å²) in [5, 5.41) is 21.1. The van der Waals surface area contributed by atoms with Crippen LogP contribution >= 0.6 is 11.6 Å². The van der Waals surface area contributed by atoms with Crippen LogP contribution in [0.15, 0.2) is 6.07 Å². The van der Waals surface area contributed by atoms with Gasteiger partial charge in [-0.15, -0.1) is 0 Å². The zero-order valence-corrected chi connectivity index (χ0v) is 11.8. The third-order valence-electron chi connectivity index (χ3n) is 2.60. The van der Waals surface area contributed by atoms with Crippen LogP contribution in [0.3, 0.4) is 0 Å². The van der Waals surface area contributed by atoms with Gasteiger partial charge in [0, 0.05) is 0 Å². The zero-order valence-electron chi connectivity index (χ0n) is 11.1. The summed E-state index contributed by atoms with van der Waals surface area (Å²) in [4.78, 5) is 15.3. The molecule has 1 heterocycles. The van der Waals surface area contributed by atoms with Gasteiger partial charge in [0.15, 0.2) is 0 Å². The Hall–Kier alpha value is -1.80. The SMILES string of the molecule is Cc1nc(NC(CC(C)C)C(=O)O)c(Cl)cc1C#N. The maximum atomic E-state index is 11.2. The van der Waals surface area contributed by atoms with E-state index in [4.69, 9.17) is 22.0 Å². The second-order valence-corrected chi connectivity index (χ2v) is 5.14. The number of hydrogen-bond donors (Lipinski definition) is 2. The molecule has 0 fully saturated rings. The highest BCUT2D eigenvalue weighted by molar-refractivity contribution is 6.33. The van der Waals surface area contributed by atoms with Crippen molar-refractivity contribution in [2.45, 2.75) is 33.2 Å². The van der Waals surface area contributed by atoms with E-state index in [0.717, 1.165) is 0 Å². The van der Waals surface area contributed by atoms with E-state index in [1.165, 1.54) is 6.07 Å². The van der Waals surface area contributed by atoms with Gasteiger partial charge in [-0.25, -0.2) is 9.78 Å². The molecule has 0 amide bonds. The predicted octanol–water partition coefficient (Wildman–Crippen LogP) is 2.83. The van der Waals surface area contributed by atoms with E-state index in [2.05, 4.69) is 10.3 Å². The average molecular weight is 282 g/mol. The van der Waals surface area contributed by atoms with Gasteiger partial charge in [0.25, 0.3) is 0 Å². The van der Waals surface area contributed by atoms with Gasteiger partial charge in [0.05, 0.1) is 16.3 Å². The van der Waals surface area contributed by atoms with Crippen LogP contribution in [-0.2, 0) is 4.79 Å². The van der Waals surface area contributed by atoms with Crippen molar-refractivity contribution in [3.05, 3.63) is 22.3 Å². The lowest BCUT2D eigenvalue weighted by atomic mass is 10.0. The van der Waals surface area contributed by atoms with Crippen molar-refractivity contribution in [3.8, 4) is 6.07 Å². The van der Waals surface area contributed by atoms with Crippen molar-refractivity contribution in [1.29, 1.82) is 5.26 Å². The Morgan fingerprint density at radius 3 is 2.74 bits per heavy atom. The predicted molar refractivity (Wildman–Crippen MR) is 73.2 cm³/mol. The van der Waals surface area contributed by atoms with Crippen LogP contribution in [0.4, 0.5) is 5.82 Å². The molecule has 6 heteroatoms. The second-order valence-electron chi connectivity index (χ2n) is 4.73.